The van der Waals surface area contributed by atoms with Gasteiger partial charge in [0.25, 0.3) is 0 Å². The van der Waals surface area contributed by atoms with Crippen molar-refractivity contribution >= 4 is 33.5 Å². The highest BCUT2D eigenvalue weighted by Crippen LogP contribution is 2.25. The fourth-order valence-electron chi connectivity index (χ4n) is 2.15. The van der Waals surface area contributed by atoms with E-state index in [1.165, 1.54) is 12.1 Å². The zero-order valence-electron chi connectivity index (χ0n) is 11.0. The summed E-state index contributed by atoms with van der Waals surface area (Å²) >= 11 is 9.43. The van der Waals surface area contributed by atoms with Crippen molar-refractivity contribution in [3.63, 3.8) is 0 Å². The molecule has 2 nitrogen and oxygen atoms in total. The van der Waals surface area contributed by atoms with E-state index in [2.05, 4.69) is 15.9 Å². The molecular weight excluding hydrogens is 359 g/mol. The molecule has 0 saturated heterocycles. The molecule has 1 atom stereocenters. The van der Waals surface area contributed by atoms with Crippen LogP contribution in [0.1, 0.15) is 11.1 Å². The Morgan fingerprint density at radius 3 is 2.62 bits per heavy atom. The van der Waals surface area contributed by atoms with Crippen LogP contribution in [0.2, 0.25) is 5.02 Å². The van der Waals surface area contributed by atoms with Gasteiger partial charge in [-0.05, 0) is 48.2 Å². The van der Waals surface area contributed by atoms with Gasteiger partial charge in [-0.15, -0.1) is 0 Å². The van der Waals surface area contributed by atoms with Crippen molar-refractivity contribution in [3.8, 4) is 0 Å². The van der Waals surface area contributed by atoms with Crippen LogP contribution in [0.25, 0.3) is 0 Å². The molecular formula is C16H13BrClFO2. The molecule has 0 aliphatic heterocycles. The number of hydrogen-bond acceptors (Lipinski definition) is 1. The lowest BCUT2D eigenvalue weighted by atomic mass is 9.92. The Morgan fingerprint density at radius 2 is 2.00 bits per heavy atom. The molecule has 0 aliphatic rings. The first-order valence-corrected chi connectivity index (χ1v) is 7.54. The highest BCUT2D eigenvalue weighted by atomic mass is 79.9. The molecule has 0 heterocycles. The summed E-state index contributed by atoms with van der Waals surface area (Å²) in [7, 11) is 0. The minimum Gasteiger partial charge on any atom is -0.481 e. The Morgan fingerprint density at radius 1 is 1.24 bits per heavy atom. The Kier molecular flexibility index (Phi) is 5.37. The number of carboxylic acids is 1. The standard InChI is InChI=1S/C16H13BrClFO2/c17-13-5-4-11(15(18)9-13)8-12(16(20)21)6-10-2-1-3-14(19)7-10/h1-5,7,9,12H,6,8H2,(H,20,21). The summed E-state index contributed by atoms with van der Waals surface area (Å²) in [6.07, 6.45) is 0.567. The maximum absolute atomic E-state index is 13.2. The van der Waals surface area contributed by atoms with Crippen LogP contribution in [-0.2, 0) is 17.6 Å². The highest BCUT2D eigenvalue weighted by Gasteiger charge is 2.20. The van der Waals surface area contributed by atoms with Gasteiger partial charge in [0, 0.05) is 9.50 Å². The smallest absolute Gasteiger partial charge is 0.307 e. The van der Waals surface area contributed by atoms with Gasteiger partial charge in [-0.25, -0.2) is 4.39 Å². The predicted octanol–water partition coefficient (Wildman–Crippen LogP) is 4.73. The summed E-state index contributed by atoms with van der Waals surface area (Å²) < 4.78 is 14.0. The molecule has 0 fully saturated rings. The molecule has 0 aromatic heterocycles. The number of carboxylic acid groups (broad SMARTS) is 1. The molecule has 21 heavy (non-hydrogen) atoms. The van der Waals surface area contributed by atoms with Gasteiger partial charge in [-0.2, -0.15) is 0 Å². The number of carbonyl (C=O) groups is 1. The average molecular weight is 372 g/mol. The van der Waals surface area contributed by atoms with Crippen molar-refractivity contribution < 1.29 is 14.3 Å². The van der Waals surface area contributed by atoms with Crippen LogP contribution < -0.4 is 0 Å². The third-order valence-electron chi connectivity index (χ3n) is 3.20. The number of halogens is 3. The molecule has 0 spiro atoms. The van der Waals surface area contributed by atoms with Crippen LogP contribution in [0.4, 0.5) is 4.39 Å². The minimum absolute atomic E-state index is 0.263. The third-order valence-corrected chi connectivity index (χ3v) is 4.05. The second-order valence-corrected chi connectivity index (χ2v) is 6.13. The molecule has 0 radical (unpaired) electrons. The van der Waals surface area contributed by atoms with Crippen LogP contribution in [-0.4, -0.2) is 11.1 Å². The van der Waals surface area contributed by atoms with Gasteiger partial charge in [0.1, 0.15) is 5.82 Å². The van der Waals surface area contributed by atoms with E-state index in [0.29, 0.717) is 17.0 Å². The largest absolute Gasteiger partial charge is 0.481 e. The van der Waals surface area contributed by atoms with Gasteiger partial charge in [-0.3, -0.25) is 4.79 Å². The van der Waals surface area contributed by atoms with Crippen LogP contribution in [0.5, 0.6) is 0 Å². The topological polar surface area (TPSA) is 37.3 Å². The maximum Gasteiger partial charge on any atom is 0.307 e. The van der Waals surface area contributed by atoms with E-state index in [-0.39, 0.29) is 12.2 Å². The van der Waals surface area contributed by atoms with Crippen molar-refractivity contribution in [2.75, 3.05) is 0 Å². The quantitative estimate of drug-likeness (QED) is 0.825. The Labute approximate surface area is 135 Å². The van der Waals surface area contributed by atoms with Gasteiger partial charge in [0.2, 0.25) is 0 Å². The van der Waals surface area contributed by atoms with Crippen LogP contribution >= 0.6 is 27.5 Å². The van der Waals surface area contributed by atoms with Crippen molar-refractivity contribution in [1.82, 2.24) is 0 Å². The van der Waals surface area contributed by atoms with Gasteiger partial charge in [0.15, 0.2) is 0 Å². The second-order valence-electron chi connectivity index (χ2n) is 4.81. The summed E-state index contributed by atoms with van der Waals surface area (Å²) in [5.41, 5.74) is 1.43. The number of hydrogen-bond donors (Lipinski definition) is 1. The molecule has 0 bridgehead atoms. The summed E-state index contributed by atoms with van der Waals surface area (Å²) in [5, 5.41) is 9.89. The summed E-state index contributed by atoms with van der Waals surface area (Å²) in [6.45, 7) is 0. The third kappa shape index (κ3) is 4.55. The zero-order chi connectivity index (χ0) is 15.4. The van der Waals surface area contributed by atoms with Crippen molar-refractivity contribution in [2.45, 2.75) is 12.8 Å². The lowest BCUT2D eigenvalue weighted by Crippen LogP contribution is -2.19. The SMILES string of the molecule is O=C(O)C(Cc1cccc(F)c1)Cc1ccc(Br)cc1Cl. The predicted molar refractivity (Wildman–Crippen MR) is 84.1 cm³/mol. The van der Waals surface area contributed by atoms with Crippen molar-refractivity contribution in [2.24, 2.45) is 5.92 Å². The normalized spacial score (nSPS) is 12.1. The summed E-state index contributed by atoms with van der Waals surface area (Å²) in [4.78, 5) is 11.4. The van der Waals surface area contributed by atoms with E-state index in [4.69, 9.17) is 11.6 Å². The summed E-state index contributed by atoms with van der Waals surface area (Å²) in [5.74, 6) is -1.93. The lowest BCUT2D eigenvalue weighted by Gasteiger charge is -2.14. The van der Waals surface area contributed by atoms with Crippen molar-refractivity contribution in [1.29, 1.82) is 0 Å². The highest BCUT2D eigenvalue weighted by molar-refractivity contribution is 9.10. The number of rotatable bonds is 5. The van der Waals surface area contributed by atoms with Gasteiger partial charge in [-0.1, -0.05) is 45.7 Å². The molecule has 1 unspecified atom stereocenters. The molecule has 0 aliphatic carbocycles. The molecule has 2 rings (SSSR count). The van der Waals surface area contributed by atoms with E-state index in [1.54, 1.807) is 24.3 Å². The zero-order valence-corrected chi connectivity index (χ0v) is 13.4. The first-order chi connectivity index (χ1) is 9.95. The molecule has 2 aromatic carbocycles. The second kappa shape index (κ2) is 7.05. The van der Waals surface area contributed by atoms with Gasteiger partial charge in [0.05, 0.1) is 5.92 Å². The Hall–Kier alpha value is -1.39. The van der Waals surface area contributed by atoms with E-state index >= 15 is 0 Å². The van der Waals surface area contributed by atoms with Crippen LogP contribution in [0.15, 0.2) is 46.9 Å². The van der Waals surface area contributed by atoms with E-state index in [1.807, 2.05) is 6.07 Å². The molecule has 2 aromatic rings. The molecule has 0 amide bonds. The molecule has 1 N–H and O–H groups in total. The van der Waals surface area contributed by atoms with Crippen molar-refractivity contribution in [3.05, 3.63) is 68.9 Å². The van der Waals surface area contributed by atoms with Gasteiger partial charge < -0.3 is 5.11 Å². The molecule has 110 valence electrons. The van der Waals surface area contributed by atoms with E-state index in [9.17, 15) is 14.3 Å². The Bertz CT molecular complexity index is 660. The summed E-state index contributed by atoms with van der Waals surface area (Å²) in [6, 6.07) is 11.4. The maximum atomic E-state index is 13.2. The number of benzene rings is 2. The van der Waals surface area contributed by atoms with E-state index < -0.39 is 11.9 Å². The first kappa shape index (κ1) is 16.0. The fourth-order valence-corrected chi connectivity index (χ4v) is 2.90. The van der Waals surface area contributed by atoms with E-state index in [0.717, 1.165) is 10.0 Å². The molecule has 0 saturated carbocycles. The van der Waals surface area contributed by atoms with Crippen LogP contribution in [0, 0.1) is 11.7 Å². The first-order valence-electron chi connectivity index (χ1n) is 6.37. The van der Waals surface area contributed by atoms with Gasteiger partial charge >= 0.3 is 5.97 Å². The lowest BCUT2D eigenvalue weighted by molar-refractivity contribution is -0.141. The monoisotopic (exact) mass is 370 g/mol. The molecule has 5 heteroatoms. The van der Waals surface area contributed by atoms with Crippen LogP contribution in [0.3, 0.4) is 0 Å². The average Bonchev–Trinajstić information content (AvgIpc) is 2.40. The Balaban J connectivity index is 2.18. The minimum atomic E-state index is -0.918. The number of aliphatic carboxylic acids is 1. The fraction of sp³-hybridized carbons (Fsp3) is 0.188.